The summed E-state index contributed by atoms with van der Waals surface area (Å²) in [5.41, 5.74) is -0.0135. The molecule has 1 aromatic heterocycles. The molecule has 0 spiro atoms. The van der Waals surface area contributed by atoms with Crippen molar-refractivity contribution in [3.8, 4) is 0 Å². The number of alkyl halides is 3. The van der Waals surface area contributed by atoms with Crippen molar-refractivity contribution >= 4 is 24.4 Å². The second-order valence-electron chi connectivity index (χ2n) is 6.44. The Morgan fingerprint density at radius 2 is 1.84 bits per heavy atom. The third kappa shape index (κ3) is 7.28. The Bertz CT molecular complexity index is 888. The summed E-state index contributed by atoms with van der Waals surface area (Å²) in [4.78, 5) is 19.2. The van der Waals surface area contributed by atoms with E-state index in [-0.39, 0.29) is 23.5 Å². The first kappa shape index (κ1) is 24.7. The Morgan fingerprint density at radius 1 is 1.19 bits per heavy atom. The third-order valence-electron chi connectivity index (χ3n) is 4.14. The van der Waals surface area contributed by atoms with Crippen LogP contribution in [-0.4, -0.2) is 51.7 Å². The molecule has 0 unspecified atom stereocenters. The number of aliphatic carboxylic acids is 1. The van der Waals surface area contributed by atoms with Crippen LogP contribution in [0.25, 0.3) is 0 Å². The molecule has 2 heterocycles. The first-order valence-electron chi connectivity index (χ1n) is 8.71. The van der Waals surface area contributed by atoms with E-state index in [0.717, 1.165) is 18.3 Å². The fourth-order valence-corrected chi connectivity index (χ4v) is 3.17. The largest absolute Gasteiger partial charge is 0.490 e. The number of nitrogens with zero attached hydrogens (tertiary/aromatic N) is 3. The number of aromatic nitrogens is 2. The summed E-state index contributed by atoms with van der Waals surface area (Å²) < 4.78 is 77.0. The first-order valence-corrected chi connectivity index (χ1v) is 9.22. The number of benzene rings is 1. The molecule has 1 saturated heterocycles. The number of carboxylic acid groups (broad SMARTS) is 1. The van der Waals surface area contributed by atoms with Gasteiger partial charge in [0.25, 0.3) is 0 Å². The molecule has 1 fully saturated rings. The van der Waals surface area contributed by atoms with Crippen LogP contribution in [0.1, 0.15) is 12.0 Å². The normalized spacial score (nSPS) is 18.5. The zero-order valence-electron chi connectivity index (χ0n) is 15.7. The summed E-state index contributed by atoms with van der Waals surface area (Å²) in [7, 11) is 0. The zero-order valence-corrected chi connectivity index (χ0v) is 16.6. The lowest BCUT2D eigenvalue weighted by Gasteiger charge is -2.25. The summed E-state index contributed by atoms with van der Waals surface area (Å²) in [5.74, 6) is -5.15. The summed E-state index contributed by atoms with van der Waals surface area (Å²) in [6, 6.07) is 1.36. The smallest absolute Gasteiger partial charge is 0.475 e. The van der Waals surface area contributed by atoms with Gasteiger partial charge < -0.3 is 14.7 Å². The predicted octanol–water partition coefficient (Wildman–Crippen LogP) is 3.62. The second-order valence-corrected chi connectivity index (χ2v) is 7.17. The van der Waals surface area contributed by atoms with Crippen molar-refractivity contribution < 1.29 is 41.0 Å². The number of anilines is 1. The average Bonchev–Trinajstić information content (AvgIpc) is 3.07. The van der Waals surface area contributed by atoms with Crippen LogP contribution in [0.2, 0.25) is 0 Å². The van der Waals surface area contributed by atoms with Gasteiger partial charge in [0.05, 0.1) is 25.5 Å². The fraction of sp³-hybridized carbons (Fsp3) is 0.389. The minimum atomic E-state index is -5.08. The van der Waals surface area contributed by atoms with Gasteiger partial charge in [-0.15, -0.1) is 0 Å². The van der Waals surface area contributed by atoms with Crippen LogP contribution in [0.5, 0.6) is 0 Å². The maximum absolute atomic E-state index is 13.6. The molecule has 0 saturated carbocycles. The van der Waals surface area contributed by atoms with E-state index in [0.29, 0.717) is 19.2 Å². The van der Waals surface area contributed by atoms with E-state index in [1.807, 2.05) is 4.90 Å². The highest BCUT2D eigenvalue weighted by Crippen LogP contribution is 2.26. The number of hydrogen-bond donors (Lipinski definition) is 2. The quantitative estimate of drug-likeness (QED) is 0.396. The monoisotopic (exact) mass is 469 g/mol. The molecule has 0 amide bonds. The summed E-state index contributed by atoms with van der Waals surface area (Å²) in [5, 5.41) is 7.29. The lowest BCUT2D eigenvalue weighted by atomic mass is 10.2. The number of rotatable bonds is 5. The maximum atomic E-state index is 13.6. The predicted molar refractivity (Wildman–Crippen MR) is 100 cm³/mol. The van der Waals surface area contributed by atoms with Gasteiger partial charge in [-0.1, -0.05) is 0 Å². The number of thiol groups is 1. The van der Waals surface area contributed by atoms with Crippen LogP contribution >= 0.6 is 12.6 Å². The van der Waals surface area contributed by atoms with Crippen molar-refractivity contribution in [3.05, 3.63) is 53.7 Å². The Labute approximate surface area is 178 Å². The van der Waals surface area contributed by atoms with E-state index in [4.69, 9.17) is 14.6 Å². The Balaban J connectivity index is 0.000000423. The van der Waals surface area contributed by atoms with Crippen LogP contribution in [0.4, 0.5) is 32.2 Å². The van der Waals surface area contributed by atoms with E-state index < -0.39 is 29.6 Å². The van der Waals surface area contributed by atoms with Crippen molar-refractivity contribution in [2.24, 2.45) is 0 Å². The van der Waals surface area contributed by atoms with Gasteiger partial charge in [-0.25, -0.2) is 22.9 Å². The van der Waals surface area contributed by atoms with E-state index in [9.17, 15) is 26.3 Å². The van der Waals surface area contributed by atoms with E-state index in [2.05, 4.69) is 22.6 Å². The first-order chi connectivity index (χ1) is 14.5. The molecule has 31 heavy (non-hydrogen) atoms. The van der Waals surface area contributed by atoms with Crippen LogP contribution in [0.15, 0.2) is 30.7 Å². The molecule has 1 aliphatic heterocycles. The molecule has 2 atom stereocenters. The molecule has 2 aromatic rings. The van der Waals surface area contributed by atoms with Gasteiger partial charge >= 0.3 is 12.1 Å². The lowest BCUT2D eigenvalue weighted by Crippen LogP contribution is -2.34. The van der Waals surface area contributed by atoms with E-state index in [1.165, 1.54) is 0 Å². The van der Waals surface area contributed by atoms with E-state index in [1.54, 1.807) is 18.6 Å². The van der Waals surface area contributed by atoms with Crippen LogP contribution in [0, 0.1) is 17.5 Å². The molecular weight excluding hydrogens is 452 g/mol. The van der Waals surface area contributed by atoms with Gasteiger partial charge in [0.2, 0.25) is 0 Å². The summed E-state index contributed by atoms with van der Waals surface area (Å²) in [6.45, 7) is 0.868. The molecule has 13 heteroatoms. The SMILES string of the molecule is Fc1cc(F)c(COC[C@@H]2C[C@@H](S)CN2c2cnccn2)cc1F.O=C(O)C(F)(F)F. The van der Waals surface area contributed by atoms with Crippen molar-refractivity contribution in [1.29, 1.82) is 0 Å². The molecule has 0 bridgehead atoms. The summed E-state index contributed by atoms with van der Waals surface area (Å²) >= 11 is 4.50. The number of carboxylic acids is 1. The van der Waals surface area contributed by atoms with Crippen molar-refractivity contribution in [2.75, 3.05) is 18.1 Å². The van der Waals surface area contributed by atoms with Gasteiger partial charge in [0.1, 0.15) is 11.6 Å². The van der Waals surface area contributed by atoms with Gasteiger partial charge in [0, 0.05) is 35.8 Å². The van der Waals surface area contributed by atoms with Gasteiger partial charge in [-0.2, -0.15) is 25.8 Å². The maximum Gasteiger partial charge on any atom is 0.490 e. The molecule has 1 aromatic carbocycles. The Hall–Kier alpha value is -2.54. The van der Waals surface area contributed by atoms with Crippen molar-refractivity contribution in [3.63, 3.8) is 0 Å². The minimum Gasteiger partial charge on any atom is -0.475 e. The fourth-order valence-electron chi connectivity index (χ4n) is 2.75. The number of hydrogen-bond acceptors (Lipinski definition) is 6. The third-order valence-corrected chi connectivity index (χ3v) is 4.51. The standard InChI is InChI=1S/C16H16F3N3OS.C2HF3O2/c17-13-5-15(19)14(18)3-10(13)8-23-9-11-4-12(24)7-22(11)16-6-20-1-2-21-16;3-2(4,5)1(6)7/h1-3,5-6,11-12,24H,4,7-9H2;(H,6,7)/t11-,12+;/m0./s1. The molecule has 170 valence electrons. The molecule has 1 aliphatic rings. The van der Waals surface area contributed by atoms with Crippen LogP contribution < -0.4 is 4.90 Å². The number of ether oxygens (including phenoxy) is 1. The summed E-state index contributed by atoms with van der Waals surface area (Å²) in [6.07, 6.45) is 0.554. The van der Waals surface area contributed by atoms with Crippen LogP contribution in [0.3, 0.4) is 0 Å². The Kier molecular flexibility index (Phi) is 8.51. The number of halogens is 6. The zero-order chi connectivity index (χ0) is 23.2. The van der Waals surface area contributed by atoms with Gasteiger partial charge in [-0.3, -0.25) is 4.98 Å². The van der Waals surface area contributed by atoms with Crippen molar-refractivity contribution in [2.45, 2.75) is 30.5 Å². The lowest BCUT2D eigenvalue weighted by molar-refractivity contribution is -0.192. The highest BCUT2D eigenvalue weighted by atomic mass is 32.1. The highest BCUT2D eigenvalue weighted by molar-refractivity contribution is 7.81. The number of carbonyl (C=O) groups is 1. The molecule has 0 radical (unpaired) electrons. The van der Waals surface area contributed by atoms with E-state index >= 15 is 0 Å². The molecule has 6 nitrogen and oxygen atoms in total. The topological polar surface area (TPSA) is 75.5 Å². The van der Waals surface area contributed by atoms with Crippen LogP contribution in [-0.2, 0) is 16.1 Å². The molecular formula is C18H17F6N3O3S. The average molecular weight is 469 g/mol. The Morgan fingerprint density at radius 3 is 2.42 bits per heavy atom. The minimum absolute atomic E-state index is 0.0116. The van der Waals surface area contributed by atoms with Gasteiger partial charge in [-0.05, 0) is 12.5 Å². The second kappa shape index (κ2) is 10.7. The van der Waals surface area contributed by atoms with Gasteiger partial charge in [0.15, 0.2) is 11.6 Å². The highest BCUT2D eigenvalue weighted by Gasteiger charge is 2.38. The molecule has 3 rings (SSSR count). The molecule has 1 N–H and O–H groups in total. The molecule has 0 aliphatic carbocycles. The van der Waals surface area contributed by atoms with Crippen molar-refractivity contribution in [1.82, 2.24) is 9.97 Å².